The lowest BCUT2D eigenvalue weighted by Gasteiger charge is -2.11. The second kappa shape index (κ2) is 5.93. The maximum Gasteiger partial charge on any atom is 0.148 e. The molecule has 102 valence electrons. The lowest BCUT2D eigenvalue weighted by atomic mass is 10.2. The van der Waals surface area contributed by atoms with Crippen LogP contribution in [-0.4, -0.2) is 19.2 Å². The molecule has 5 nitrogen and oxygen atoms in total. The van der Waals surface area contributed by atoms with Crippen molar-refractivity contribution in [1.29, 1.82) is 5.26 Å². The van der Waals surface area contributed by atoms with Crippen molar-refractivity contribution in [3.05, 3.63) is 41.6 Å². The summed E-state index contributed by atoms with van der Waals surface area (Å²) in [6.07, 6.45) is 0. The summed E-state index contributed by atoms with van der Waals surface area (Å²) in [7, 11) is 3.17. The number of anilines is 2. The molecule has 2 rings (SSSR count). The van der Waals surface area contributed by atoms with Crippen molar-refractivity contribution in [3.63, 3.8) is 0 Å². The lowest BCUT2D eigenvalue weighted by Crippen LogP contribution is -1.99. The Morgan fingerprint density at radius 1 is 1.10 bits per heavy atom. The molecular formula is C15H15N3O2. The molecule has 1 aromatic carbocycles. The number of rotatable bonds is 4. The minimum Gasteiger partial charge on any atom is -0.497 e. The molecule has 0 atom stereocenters. The van der Waals surface area contributed by atoms with E-state index in [0.29, 0.717) is 22.9 Å². The maximum atomic E-state index is 9.11. The van der Waals surface area contributed by atoms with Crippen LogP contribution < -0.4 is 14.8 Å². The van der Waals surface area contributed by atoms with E-state index in [9.17, 15) is 0 Å². The summed E-state index contributed by atoms with van der Waals surface area (Å²) in [5, 5.41) is 12.2. The van der Waals surface area contributed by atoms with Crippen LogP contribution in [0.25, 0.3) is 0 Å². The fourth-order valence-corrected chi connectivity index (χ4v) is 1.76. The van der Waals surface area contributed by atoms with E-state index < -0.39 is 0 Å². The van der Waals surface area contributed by atoms with Crippen LogP contribution in [0.15, 0.2) is 30.3 Å². The molecule has 0 aliphatic carbocycles. The fourth-order valence-electron chi connectivity index (χ4n) is 1.76. The van der Waals surface area contributed by atoms with Crippen molar-refractivity contribution in [2.75, 3.05) is 19.5 Å². The van der Waals surface area contributed by atoms with Crippen LogP contribution in [0, 0.1) is 18.3 Å². The molecule has 0 saturated carbocycles. The van der Waals surface area contributed by atoms with Crippen LogP contribution in [0.3, 0.4) is 0 Å². The molecule has 0 spiro atoms. The van der Waals surface area contributed by atoms with Crippen LogP contribution in [-0.2, 0) is 0 Å². The second-order valence-corrected chi connectivity index (χ2v) is 4.19. The number of nitrogens with zero attached hydrogens (tertiary/aromatic N) is 2. The Hall–Kier alpha value is -2.74. The van der Waals surface area contributed by atoms with Gasteiger partial charge in [0.2, 0.25) is 0 Å². The maximum absolute atomic E-state index is 9.11. The van der Waals surface area contributed by atoms with Crippen molar-refractivity contribution in [2.24, 2.45) is 0 Å². The third-order valence-electron chi connectivity index (χ3n) is 2.77. The largest absolute Gasteiger partial charge is 0.497 e. The minimum absolute atomic E-state index is 0.484. The standard InChI is InChI=1S/C15H15N3O2/c1-10-4-5-11(9-16)15(17-10)18-12-6-13(19-2)8-14(7-12)20-3/h4-8H,1-3H3,(H,17,18). The number of methoxy groups -OCH3 is 2. The third-order valence-corrected chi connectivity index (χ3v) is 2.77. The van der Waals surface area contributed by atoms with Gasteiger partial charge in [0.15, 0.2) is 0 Å². The van der Waals surface area contributed by atoms with Gasteiger partial charge < -0.3 is 14.8 Å². The smallest absolute Gasteiger partial charge is 0.148 e. The van der Waals surface area contributed by atoms with E-state index in [0.717, 1.165) is 11.4 Å². The molecule has 0 amide bonds. The molecule has 1 N–H and O–H groups in total. The first kappa shape index (κ1) is 13.7. The van der Waals surface area contributed by atoms with Crippen LogP contribution >= 0.6 is 0 Å². The molecule has 2 aromatic rings. The van der Waals surface area contributed by atoms with Crippen molar-refractivity contribution >= 4 is 11.5 Å². The topological polar surface area (TPSA) is 67.2 Å². The van der Waals surface area contributed by atoms with E-state index in [1.165, 1.54) is 0 Å². The summed E-state index contributed by atoms with van der Waals surface area (Å²) in [5.74, 6) is 1.85. The fraction of sp³-hybridized carbons (Fsp3) is 0.200. The number of hydrogen-bond donors (Lipinski definition) is 1. The number of aromatic nitrogens is 1. The van der Waals surface area contributed by atoms with Gasteiger partial charge >= 0.3 is 0 Å². The Balaban J connectivity index is 2.39. The summed E-state index contributed by atoms with van der Waals surface area (Å²) in [4.78, 5) is 4.34. The predicted molar refractivity (Wildman–Crippen MR) is 76.5 cm³/mol. The second-order valence-electron chi connectivity index (χ2n) is 4.19. The van der Waals surface area contributed by atoms with Crippen LogP contribution in [0.2, 0.25) is 0 Å². The SMILES string of the molecule is COc1cc(Nc2nc(C)ccc2C#N)cc(OC)c1. The number of aryl methyl sites for hydroxylation is 1. The molecule has 0 aliphatic rings. The highest BCUT2D eigenvalue weighted by Gasteiger charge is 2.07. The van der Waals surface area contributed by atoms with Crippen molar-refractivity contribution in [2.45, 2.75) is 6.92 Å². The van der Waals surface area contributed by atoms with E-state index in [1.54, 1.807) is 32.4 Å². The Morgan fingerprint density at radius 3 is 2.30 bits per heavy atom. The zero-order chi connectivity index (χ0) is 14.5. The number of nitriles is 1. The molecule has 0 radical (unpaired) electrons. The molecule has 20 heavy (non-hydrogen) atoms. The quantitative estimate of drug-likeness (QED) is 0.924. The van der Waals surface area contributed by atoms with Gasteiger partial charge in [-0.05, 0) is 19.1 Å². The van der Waals surface area contributed by atoms with Crippen LogP contribution in [0.4, 0.5) is 11.5 Å². The predicted octanol–water partition coefficient (Wildman–Crippen LogP) is 3.02. The minimum atomic E-state index is 0.484. The number of hydrogen-bond acceptors (Lipinski definition) is 5. The molecular weight excluding hydrogens is 254 g/mol. The number of ether oxygens (including phenoxy) is 2. The highest BCUT2D eigenvalue weighted by atomic mass is 16.5. The first-order valence-corrected chi connectivity index (χ1v) is 6.04. The third kappa shape index (κ3) is 2.98. The van der Waals surface area contributed by atoms with Gasteiger partial charge in [-0.15, -0.1) is 0 Å². The number of pyridine rings is 1. The molecule has 0 aliphatic heterocycles. The first-order valence-electron chi connectivity index (χ1n) is 6.04. The molecule has 0 unspecified atom stereocenters. The molecule has 5 heteroatoms. The van der Waals surface area contributed by atoms with Gasteiger partial charge in [-0.2, -0.15) is 5.26 Å². The molecule has 0 bridgehead atoms. The normalized spacial score (nSPS) is 9.70. The van der Waals surface area contributed by atoms with Crippen molar-refractivity contribution in [1.82, 2.24) is 4.98 Å². The van der Waals surface area contributed by atoms with Crippen molar-refractivity contribution in [3.8, 4) is 17.6 Å². The summed E-state index contributed by atoms with van der Waals surface area (Å²) in [6, 6.07) is 11.1. The van der Waals surface area contributed by atoms with E-state index >= 15 is 0 Å². The van der Waals surface area contributed by atoms with E-state index in [2.05, 4.69) is 16.4 Å². The zero-order valence-corrected chi connectivity index (χ0v) is 11.6. The van der Waals surface area contributed by atoms with E-state index in [-0.39, 0.29) is 0 Å². The average molecular weight is 269 g/mol. The Labute approximate surface area is 117 Å². The first-order chi connectivity index (χ1) is 9.66. The molecule has 1 aromatic heterocycles. The molecule has 1 heterocycles. The Morgan fingerprint density at radius 2 is 1.75 bits per heavy atom. The highest BCUT2D eigenvalue weighted by Crippen LogP contribution is 2.28. The highest BCUT2D eigenvalue weighted by molar-refractivity contribution is 5.65. The van der Waals surface area contributed by atoms with Gasteiger partial charge in [0, 0.05) is 29.6 Å². The summed E-state index contributed by atoms with van der Waals surface area (Å²) < 4.78 is 10.4. The Kier molecular flexibility index (Phi) is 4.06. The summed E-state index contributed by atoms with van der Waals surface area (Å²) in [6.45, 7) is 1.87. The van der Waals surface area contributed by atoms with Crippen LogP contribution in [0.1, 0.15) is 11.3 Å². The van der Waals surface area contributed by atoms with Gasteiger partial charge in [0.05, 0.1) is 19.8 Å². The Bertz CT molecular complexity index is 640. The van der Waals surface area contributed by atoms with Gasteiger partial charge in [-0.25, -0.2) is 4.98 Å². The van der Waals surface area contributed by atoms with Gasteiger partial charge in [-0.3, -0.25) is 0 Å². The zero-order valence-electron chi connectivity index (χ0n) is 11.6. The molecule has 0 saturated heterocycles. The van der Waals surface area contributed by atoms with Gasteiger partial charge in [0.25, 0.3) is 0 Å². The number of nitrogens with one attached hydrogen (secondary N) is 1. The number of benzene rings is 1. The monoisotopic (exact) mass is 269 g/mol. The summed E-state index contributed by atoms with van der Waals surface area (Å²) >= 11 is 0. The van der Waals surface area contributed by atoms with Gasteiger partial charge in [-0.1, -0.05) is 0 Å². The van der Waals surface area contributed by atoms with Gasteiger partial charge in [0.1, 0.15) is 23.4 Å². The lowest BCUT2D eigenvalue weighted by molar-refractivity contribution is 0.395. The van der Waals surface area contributed by atoms with Crippen molar-refractivity contribution < 1.29 is 9.47 Å². The average Bonchev–Trinajstić information content (AvgIpc) is 2.47. The molecule has 0 fully saturated rings. The van der Waals surface area contributed by atoms with Crippen LogP contribution in [0.5, 0.6) is 11.5 Å². The summed E-state index contributed by atoms with van der Waals surface area (Å²) in [5.41, 5.74) is 2.06. The van der Waals surface area contributed by atoms with E-state index in [1.807, 2.05) is 19.1 Å². The van der Waals surface area contributed by atoms with E-state index in [4.69, 9.17) is 14.7 Å².